The van der Waals surface area contributed by atoms with Gasteiger partial charge in [-0.15, -0.1) is 11.3 Å². The summed E-state index contributed by atoms with van der Waals surface area (Å²) in [6.45, 7) is 3.13. The Kier molecular flexibility index (Phi) is 5.72. The van der Waals surface area contributed by atoms with Crippen LogP contribution in [0.1, 0.15) is 32.4 Å². The molecule has 0 atom stereocenters. The van der Waals surface area contributed by atoms with E-state index in [0.29, 0.717) is 24.1 Å². The standard InChI is InChI=1S/C21H20F2N4O3S2/c1-21(2,16-11-31-20(26-16)27-32(29,30)13-5-6-13)19(28)25-15-8-7-14(17(22)18(15)23)12-4-3-9-24-10-12/h3-4,7-11,13H,5-6H2,1-2H3,(H,25,28)(H,26,27). The van der Waals surface area contributed by atoms with Crippen LogP contribution in [0, 0.1) is 11.6 Å². The molecule has 2 aromatic heterocycles. The van der Waals surface area contributed by atoms with Crippen LogP contribution in [0.4, 0.5) is 19.6 Å². The molecule has 0 unspecified atom stereocenters. The predicted molar refractivity (Wildman–Crippen MR) is 119 cm³/mol. The molecule has 32 heavy (non-hydrogen) atoms. The number of anilines is 2. The van der Waals surface area contributed by atoms with Gasteiger partial charge in [-0.3, -0.25) is 14.5 Å². The summed E-state index contributed by atoms with van der Waals surface area (Å²) in [5.74, 6) is -2.91. The lowest BCUT2D eigenvalue weighted by Gasteiger charge is -2.22. The third-order valence-corrected chi connectivity index (χ3v) is 7.92. The first-order valence-corrected chi connectivity index (χ1v) is 12.2. The molecule has 1 amide bonds. The molecule has 0 radical (unpaired) electrons. The molecule has 0 spiro atoms. The van der Waals surface area contributed by atoms with Crippen LogP contribution in [0.5, 0.6) is 0 Å². The summed E-state index contributed by atoms with van der Waals surface area (Å²) in [7, 11) is -3.48. The third kappa shape index (κ3) is 4.35. The van der Waals surface area contributed by atoms with Crippen molar-refractivity contribution in [3.63, 3.8) is 0 Å². The summed E-state index contributed by atoms with van der Waals surface area (Å²) < 4.78 is 55.9. The molecule has 11 heteroatoms. The van der Waals surface area contributed by atoms with E-state index < -0.39 is 38.2 Å². The molecule has 1 saturated carbocycles. The van der Waals surface area contributed by atoms with Crippen LogP contribution in [0.15, 0.2) is 42.0 Å². The van der Waals surface area contributed by atoms with Crippen molar-refractivity contribution < 1.29 is 22.0 Å². The molecule has 3 aromatic rings. The maximum absolute atomic E-state index is 14.7. The number of aromatic nitrogens is 2. The van der Waals surface area contributed by atoms with Crippen molar-refractivity contribution in [3.05, 3.63) is 59.4 Å². The number of halogens is 2. The molecule has 1 fully saturated rings. The van der Waals surface area contributed by atoms with Crippen LogP contribution in [0.25, 0.3) is 11.1 Å². The zero-order chi connectivity index (χ0) is 23.1. The Morgan fingerprint density at radius 2 is 1.94 bits per heavy atom. The minimum atomic E-state index is -3.48. The first kappa shape index (κ1) is 22.3. The van der Waals surface area contributed by atoms with E-state index in [-0.39, 0.29) is 16.4 Å². The SMILES string of the molecule is CC(C)(C(=O)Nc1ccc(-c2cccnc2)c(F)c1F)c1csc(NS(=O)(=O)C2CC2)n1. The first-order valence-electron chi connectivity index (χ1n) is 9.77. The highest BCUT2D eigenvalue weighted by Crippen LogP contribution is 2.34. The number of thiazole rings is 1. The highest BCUT2D eigenvalue weighted by Gasteiger charge is 2.37. The molecule has 2 N–H and O–H groups in total. The van der Waals surface area contributed by atoms with Crippen molar-refractivity contribution in [2.45, 2.75) is 37.4 Å². The van der Waals surface area contributed by atoms with Gasteiger partial charge < -0.3 is 5.32 Å². The Bertz CT molecular complexity index is 1270. The van der Waals surface area contributed by atoms with E-state index in [1.807, 2.05) is 0 Å². The highest BCUT2D eigenvalue weighted by atomic mass is 32.2. The largest absolute Gasteiger partial charge is 0.323 e. The average molecular weight is 479 g/mol. The van der Waals surface area contributed by atoms with Gasteiger partial charge in [-0.1, -0.05) is 6.07 Å². The van der Waals surface area contributed by atoms with Crippen molar-refractivity contribution in [1.29, 1.82) is 0 Å². The number of rotatable bonds is 7. The number of nitrogens with one attached hydrogen (secondary N) is 2. The Balaban J connectivity index is 1.52. The van der Waals surface area contributed by atoms with Gasteiger partial charge in [0.2, 0.25) is 15.9 Å². The average Bonchev–Trinajstić information content (AvgIpc) is 3.52. The summed E-state index contributed by atoms with van der Waals surface area (Å²) in [5.41, 5.74) is -0.796. The molecule has 0 saturated heterocycles. The summed E-state index contributed by atoms with van der Waals surface area (Å²) in [5, 5.41) is 3.73. The summed E-state index contributed by atoms with van der Waals surface area (Å²) in [6, 6.07) is 5.86. The van der Waals surface area contributed by atoms with E-state index in [9.17, 15) is 22.0 Å². The molecular formula is C21H20F2N4O3S2. The second kappa shape index (κ2) is 8.21. The van der Waals surface area contributed by atoms with Crippen LogP contribution in [0.2, 0.25) is 0 Å². The fraction of sp³-hybridized carbons (Fsp3) is 0.286. The molecule has 0 bridgehead atoms. The van der Waals surface area contributed by atoms with Crippen molar-refractivity contribution in [1.82, 2.24) is 9.97 Å². The number of nitrogens with zero attached hydrogens (tertiary/aromatic N) is 2. The maximum atomic E-state index is 14.7. The predicted octanol–water partition coefficient (Wildman–Crippen LogP) is 4.30. The number of benzene rings is 1. The van der Waals surface area contributed by atoms with Gasteiger partial charge in [0.05, 0.1) is 22.0 Å². The van der Waals surface area contributed by atoms with Crippen molar-refractivity contribution in [2.75, 3.05) is 10.0 Å². The van der Waals surface area contributed by atoms with Crippen LogP contribution >= 0.6 is 11.3 Å². The fourth-order valence-corrected chi connectivity index (χ4v) is 5.45. The fourth-order valence-electron chi connectivity index (χ4n) is 2.98. The molecule has 2 heterocycles. The molecular weight excluding hydrogens is 458 g/mol. The molecule has 1 aromatic carbocycles. The van der Waals surface area contributed by atoms with Gasteiger partial charge in [0.15, 0.2) is 16.8 Å². The van der Waals surface area contributed by atoms with Crippen molar-refractivity contribution in [3.8, 4) is 11.1 Å². The molecule has 1 aliphatic carbocycles. The number of amides is 1. The van der Waals surface area contributed by atoms with Crippen LogP contribution in [0.3, 0.4) is 0 Å². The van der Waals surface area contributed by atoms with E-state index in [0.717, 1.165) is 11.3 Å². The monoisotopic (exact) mass is 478 g/mol. The quantitative estimate of drug-likeness (QED) is 0.527. The van der Waals surface area contributed by atoms with Gasteiger partial charge in [-0.05, 0) is 44.9 Å². The van der Waals surface area contributed by atoms with Crippen LogP contribution < -0.4 is 10.0 Å². The smallest absolute Gasteiger partial charge is 0.237 e. The summed E-state index contributed by atoms with van der Waals surface area (Å²) in [4.78, 5) is 21.0. The maximum Gasteiger partial charge on any atom is 0.237 e. The van der Waals surface area contributed by atoms with Crippen molar-refractivity contribution >= 4 is 38.1 Å². The van der Waals surface area contributed by atoms with Gasteiger partial charge in [0.25, 0.3) is 0 Å². The lowest BCUT2D eigenvalue weighted by Crippen LogP contribution is -2.35. The van der Waals surface area contributed by atoms with Crippen molar-refractivity contribution in [2.24, 2.45) is 0 Å². The lowest BCUT2D eigenvalue weighted by molar-refractivity contribution is -0.120. The normalized spacial score (nSPS) is 14.2. The number of sulfonamides is 1. The van der Waals surface area contributed by atoms with E-state index in [1.165, 1.54) is 24.5 Å². The second-order valence-corrected chi connectivity index (χ2v) is 10.8. The number of carbonyl (C=O) groups is 1. The lowest BCUT2D eigenvalue weighted by atomic mass is 9.89. The second-order valence-electron chi connectivity index (χ2n) is 7.99. The third-order valence-electron chi connectivity index (χ3n) is 5.21. The topological polar surface area (TPSA) is 101 Å². The zero-order valence-corrected chi connectivity index (χ0v) is 18.9. The van der Waals surface area contributed by atoms with Crippen LogP contribution in [-0.4, -0.2) is 29.5 Å². The zero-order valence-electron chi connectivity index (χ0n) is 17.2. The molecule has 4 rings (SSSR count). The Morgan fingerprint density at radius 3 is 2.59 bits per heavy atom. The number of carbonyl (C=O) groups excluding carboxylic acids is 1. The molecule has 1 aliphatic rings. The van der Waals surface area contributed by atoms with Gasteiger partial charge in [-0.2, -0.15) is 0 Å². The first-order chi connectivity index (χ1) is 15.1. The minimum absolute atomic E-state index is 0.0277. The van der Waals surface area contributed by atoms with E-state index in [1.54, 1.807) is 31.4 Å². The number of pyridine rings is 1. The Labute approximate surface area is 188 Å². The van der Waals surface area contributed by atoms with E-state index in [4.69, 9.17) is 0 Å². The van der Waals surface area contributed by atoms with Gasteiger partial charge >= 0.3 is 0 Å². The number of hydrogen-bond donors (Lipinski definition) is 2. The number of hydrogen-bond acceptors (Lipinski definition) is 6. The van der Waals surface area contributed by atoms with Crippen LogP contribution in [-0.2, 0) is 20.2 Å². The molecule has 7 nitrogen and oxygen atoms in total. The molecule has 168 valence electrons. The van der Waals surface area contributed by atoms with E-state index >= 15 is 0 Å². The van der Waals surface area contributed by atoms with Gasteiger partial charge in [0, 0.05) is 28.9 Å². The Morgan fingerprint density at radius 1 is 1.19 bits per heavy atom. The van der Waals surface area contributed by atoms with E-state index in [2.05, 4.69) is 20.0 Å². The van der Waals surface area contributed by atoms with Gasteiger partial charge in [0.1, 0.15) is 0 Å². The summed E-state index contributed by atoms with van der Waals surface area (Å²) >= 11 is 1.06. The van der Waals surface area contributed by atoms with Gasteiger partial charge in [-0.25, -0.2) is 22.2 Å². The highest BCUT2D eigenvalue weighted by molar-refractivity contribution is 7.93. The molecule has 0 aliphatic heterocycles. The Hall–Kier alpha value is -2.92. The summed E-state index contributed by atoms with van der Waals surface area (Å²) in [6.07, 6.45) is 4.16. The minimum Gasteiger partial charge on any atom is -0.323 e.